The highest BCUT2D eigenvalue weighted by Gasteiger charge is 2.52. The lowest BCUT2D eigenvalue weighted by Crippen LogP contribution is -2.25. The van der Waals surface area contributed by atoms with Crippen LogP contribution in [0.15, 0.2) is 0 Å². The van der Waals surface area contributed by atoms with Gasteiger partial charge in [0.1, 0.15) is 9.84 Å². The third kappa shape index (κ3) is 3.22. The Hall–Kier alpha value is -0.0900. The summed E-state index contributed by atoms with van der Waals surface area (Å²) in [5.74, 6) is 3.04. The van der Waals surface area contributed by atoms with Crippen molar-refractivity contribution in [1.82, 2.24) is 0 Å². The Labute approximate surface area is 105 Å². The first-order valence-electron chi connectivity index (χ1n) is 7.01. The minimum atomic E-state index is -2.80. The Morgan fingerprint density at radius 1 is 1.24 bits per heavy atom. The minimum absolute atomic E-state index is 0.246. The zero-order valence-corrected chi connectivity index (χ0v) is 11.6. The number of fused-ring (bicyclic) bond motifs is 1. The van der Waals surface area contributed by atoms with Crippen LogP contribution in [0.4, 0.5) is 0 Å². The van der Waals surface area contributed by atoms with E-state index in [0.717, 1.165) is 24.7 Å². The first-order valence-corrected chi connectivity index (χ1v) is 8.83. The summed E-state index contributed by atoms with van der Waals surface area (Å²) in [5, 5.41) is 0. The molecule has 2 saturated carbocycles. The molecule has 0 bridgehead atoms. The van der Waals surface area contributed by atoms with Crippen LogP contribution in [0.2, 0.25) is 0 Å². The molecule has 0 radical (unpaired) electrons. The fraction of sp³-hybridized carbons (Fsp3) is 1.00. The predicted octanol–water partition coefficient (Wildman–Crippen LogP) is 1.96. The molecule has 0 heterocycles. The summed E-state index contributed by atoms with van der Waals surface area (Å²) in [4.78, 5) is 0. The highest BCUT2D eigenvalue weighted by Crippen LogP contribution is 2.57. The molecule has 0 amide bonds. The largest absolute Gasteiger partial charge is 0.327 e. The van der Waals surface area contributed by atoms with Crippen LogP contribution < -0.4 is 5.73 Å². The average Bonchev–Trinajstić information content (AvgIpc) is 3.03. The number of rotatable bonds is 6. The van der Waals surface area contributed by atoms with Crippen LogP contribution in [-0.2, 0) is 9.84 Å². The Morgan fingerprint density at radius 2 is 1.82 bits per heavy atom. The maximum Gasteiger partial charge on any atom is 0.150 e. The van der Waals surface area contributed by atoms with Gasteiger partial charge in [0.25, 0.3) is 0 Å². The summed E-state index contributed by atoms with van der Waals surface area (Å²) in [6.07, 6.45) is 7.08. The summed E-state index contributed by atoms with van der Waals surface area (Å²) in [7, 11) is -2.80. The van der Waals surface area contributed by atoms with Crippen LogP contribution in [0.25, 0.3) is 0 Å². The normalized spacial score (nSPS) is 34.1. The zero-order valence-electron chi connectivity index (χ0n) is 10.8. The molecule has 2 fully saturated rings. The summed E-state index contributed by atoms with van der Waals surface area (Å²) in [6, 6.07) is 0.246. The van der Waals surface area contributed by atoms with E-state index in [4.69, 9.17) is 5.73 Å². The fourth-order valence-electron chi connectivity index (χ4n) is 3.56. The second kappa shape index (κ2) is 5.27. The van der Waals surface area contributed by atoms with Crippen molar-refractivity contribution < 1.29 is 8.42 Å². The van der Waals surface area contributed by atoms with E-state index < -0.39 is 9.84 Å². The van der Waals surface area contributed by atoms with E-state index in [1.807, 2.05) is 0 Å². The number of hydrogen-bond donors (Lipinski definition) is 1. The molecular formula is C13H25NO2S. The van der Waals surface area contributed by atoms with E-state index in [2.05, 4.69) is 0 Å². The molecule has 0 aromatic heterocycles. The summed E-state index contributed by atoms with van der Waals surface area (Å²) in [5.41, 5.74) is 6.21. The molecule has 100 valence electrons. The van der Waals surface area contributed by atoms with Gasteiger partial charge in [0, 0.05) is 11.8 Å². The van der Waals surface area contributed by atoms with E-state index in [-0.39, 0.29) is 11.8 Å². The van der Waals surface area contributed by atoms with Gasteiger partial charge in [-0.3, -0.25) is 0 Å². The van der Waals surface area contributed by atoms with E-state index >= 15 is 0 Å². The molecule has 2 aliphatic carbocycles. The number of hydrogen-bond acceptors (Lipinski definition) is 3. The first-order chi connectivity index (χ1) is 8.05. The standard InChI is InChI=1S/C13H25NO2S/c1-2-17(15,16)9-5-8-12(14)13-10-6-3-4-7-11(10)13/h10-13H,2-9,14H2,1H3. The Morgan fingerprint density at radius 3 is 2.35 bits per heavy atom. The molecule has 3 atom stereocenters. The van der Waals surface area contributed by atoms with Gasteiger partial charge in [-0.15, -0.1) is 0 Å². The van der Waals surface area contributed by atoms with Crippen molar-refractivity contribution in [1.29, 1.82) is 0 Å². The van der Waals surface area contributed by atoms with Crippen molar-refractivity contribution in [3.63, 3.8) is 0 Å². The molecule has 0 aromatic carbocycles. The van der Waals surface area contributed by atoms with Crippen molar-refractivity contribution in [2.45, 2.75) is 51.5 Å². The van der Waals surface area contributed by atoms with Gasteiger partial charge in [0.2, 0.25) is 0 Å². The molecule has 17 heavy (non-hydrogen) atoms. The third-order valence-corrected chi connectivity index (χ3v) is 6.44. The summed E-state index contributed by atoms with van der Waals surface area (Å²) in [6.45, 7) is 1.71. The first kappa shape index (κ1) is 13.3. The molecular weight excluding hydrogens is 234 g/mol. The highest BCUT2D eigenvalue weighted by molar-refractivity contribution is 7.91. The van der Waals surface area contributed by atoms with Crippen LogP contribution in [0.5, 0.6) is 0 Å². The third-order valence-electron chi connectivity index (χ3n) is 4.65. The van der Waals surface area contributed by atoms with Crippen LogP contribution in [0, 0.1) is 17.8 Å². The van der Waals surface area contributed by atoms with E-state index in [0.29, 0.717) is 11.7 Å². The highest BCUT2D eigenvalue weighted by atomic mass is 32.2. The minimum Gasteiger partial charge on any atom is -0.327 e. The van der Waals surface area contributed by atoms with Crippen molar-refractivity contribution in [3.8, 4) is 0 Å². The van der Waals surface area contributed by atoms with Gasteiger partial charge < -0.3 is 5.73 Å². The second-order valence-electron chi connectivity index (χ2n) is 5.73. The number of nitrogens with two attached hydrogens (primary N) is 1. The molecule has 2 N–H and O–H groups in total. The van der Waals surface area contributed by atoms with Gasteiger partial charge in [-0.2, -0.15) is 0 Å². The Balaban J connectivity index is 1.70. The van der Waals surface area contributed by atoms with Gasteiger partial charge in [0.15, 0.2) is 0 Å². The fourth-order valence-corrected chi connectivity index (χ4v) is 4.45. The van der Waals surface area contributed by atoms with Crippen molar-refractivity contribution >= 4 is 9.84 Å². The second-order valence-corrected chi connectivity index (χ2v) is 8.20. The average molecular weight is 259 g/mol. The molecule has 3 unspecified atom stereocenters. The molecule has 0 saturated heterocycles. The monoisotopic (exact) mass is 259 g/mol. The van der Waals surface area contributed by atoms with Gasteiger partial charge in [-0.05, 0) is 43.4 Å². The zero-order chi connectivity index (χ0) is 12.5. The number of sulfone groups is 1. The molecule has 2 aliphatic rings. The quantitative estimate of drug-likeness (QED) is 0.793. The summed E-state index contributed by atoms with van der Waals surface area (Å²) < 4.78 is 22.8. The smallest absolute Gasteiger partial charge is 0.150 e. The van der Waals surface area contributed by atoms with Gasteiger partial charge in [-0.1, -0.05) is 19.8 Å². The van der Waals surface area contributed by atoms with Crippen LogP contribution in [0.1, 0.15) is 45.4 Å². The maximum absolute atomic E-state index is 11.4. The van der Waals surface area contributed by atoms with Crippen LogP contribution >= 0.6 is 0 Å². The predicted molar refractivity (Wildman–Crippen MR) is 70.5 cm³/mol. The van der Waals surface area contributed by atoms with E-state index in [1.165, 1.54) is 25.7 Å². The lowest BCUT2D eigenvalue weighted by atomic mass is 10.0. The van der Waals surface area contributed by atoms with Gasteiger partial charge >= 0.3 is 0 Å². The molecule has 3 nitrogen and oxygen atoms in total. The lowest BCUT2D eigenvalue weighted by molar-refractivity contribution is 0.480. The lowest BCUT2D eigenvalue weighted by Gasteiger charge is -2.11. The topological polar surface area (TPSA) is 60.2 Å². The maximum atomic E-state index is 11.4. The Bertz CT molecular complexity index is 340. The van der Waals surface area contributed by atoms with Crippen LogP contribution in [0.3, 0.4) is 0 Å². The van der Waals surface area contributed by atoms with Gasteiger partial charge in [-0.25, -0.2) is 8.42 Å². The van der Waals surface area contributed by atoms with Crippen molar-refractivity contribution in [3.05, 3.63) is 0 Å². The van der Waals surface area contributed by atoms with Crippen molar-refractivity contribution in [2.24, 2.45) is 23.5 Å². The summed E-state index contributed by atoms with van der Waals surface area (Å²) >= 11 is 0. The molecule has 0 aliphatic heterocycles. The molecule has 0 spiro atoms. The van der Waals surface area contributed by atoms with Gasteiger partial charge in [0.05, 0.1) is 5.75 Å². The van der Waals surface area contributed by atoms with E-state index in [1.54, 1.807) is 6.92 Å². The molecule has 4 heteroatoms. The molecule has 0 aromatic rings. The molecule has 2 rings (SSSR count). The van der Waals surface area contributed by atoms with E-state index in [9.17, 15) is 8.42 Å². The SMILES string of the molecule is CCS(=O)(=O)CCCC(N)C1C2CCCCC21. The van der Waals surface area contributed by atoms with Crippen molar-refractivity contribution in [2.75, 3.05) is 11.5 Å². The van der Waals surface area contributed by atoms with Crippen LogP contribution in [-0.4, -0.2) is 26.0 Å². The Kier molecular flexibility index (Phi) is 4.14.